The van der Waals surface area contributed by atoms with E-state index in [-0.39, 0.29) is 27.7 Å². The van der Waals surface area contributed by atoms with Crippen molar-refractivity contribution in [2.45, 2.75) is 32.3 Å². The molecule has 3 aromatic heterocycles. The SMILES string of the molecule is [2H][C@](Nc1cc(Cl)c2ncc(C#N)c(Nc3cnc(F)c(F)c3)c2c1)(c1ccc(F)cc1)c1cn(C(C)(C)C)nn1. The van der Waals surface area contributed by atoms with E-state index in [0.717, 1.165) is 12.3 Å². The number of nitrogens with one attached hydrogen (secondary N) is 2. The molecule has 2 aromatic carbocycles. The fourth-order valence-corrected chi connectivity index (χ4v) is 4.20. The van der Waals surface area contributed by atoms with Gasteiger partial charge in [0.2, 0.25) is 5.95 Å². The molecule has 0 radical (unpaired) electrons. The Bertz CT molecular complexity index is 1810. The third-order valence-corrected chi connectivity index (χ3v) is 6.24. The summed E-state index contributed by atoms with van der Waals surface area (Å²) in [4.78, 5) is 7.67. The van der Waals surface area contributed by atoms with Gasteiger partial charge in [-0.25, -0.2) is 18.4 Å². The number of nitriles is 1. The number of benzene rings is 2. The predicted octanol–water partition coefficient (Wildman–Crippen LogP) is 6.86. The largest absolute Gasteiger partial charge is 0.373 e. The number of nitrogens with zero attached hydrogens (tertiary/aromatic N) is 6. The number of halogens is 4. The second kappa shape index (κ2) is 10.5. The summed E-state index contributed by atoms with van der Waals surface area (Å²) in [5, 5.41) is 24.8. The van der Waals surface area contributed by atoms with Gasteiger partial charge in [0.1, 0.15) is 17.6 Å². The van der Waals surface area contributed by atoms with Gasteiger partial charge >= 0.3 is 0 Å². The van der Waals surface area contributed by atoms with Crippen molar-refractivity contribution >= 4 is 39.6 Å². The number of anilines is 3. The zero-order valence-corrected chi connectivity index (χ0v) is 22.2. The topological polar surface area (TPSA) is 104 Å². The normalized spacial score (nSPS) is 13.4. The first kappa shape index (κ1) is 25.6. The molecular weight excluding hydrogens is 541 g/mol. The van der Waals surface area contributed by atoms with Gasteiger partial charge in [-0.05, 0) is 50.6 Å². The van der Waals surface area contributed by atoms with Crippen molar-refractivity contribution < 1.29 is 14.5 Å². The first-order chi connectivity index (χ1) is 19.4. The third-order valence-electron chi connectivity index (χ3n) is 5.95. The van der Waals surface area contributed by atoms with E-state index in [2.05, 4.69) is 30.9 Å². The van der Waals surface area contributed by atoms with E-state index >= 15 is 0 Å². The van der Waals surface area contributed by atoms with Crippen LogP contribution in [0.1, 0.15) is 45.0 Å². The minimum atomic E-state index is -1.76. The summed E-state index contributed by atoms with van der Waals surface area (Å²) in [6.45, 7) is 5.80. The van der Waals surface area contributed by atoms with Crippen LogP contribution in [0, 0.1) is 28.9 Å². The molecule has 5 rings (SSSR count). The standard InChI is InChI=1S/C28H22ClF3N8/c1-28(2,3)40-14-23(38-39-40)25(15-4-6-17(30)7-5-15)36-18-8-20-24(37-19-10-22(31)27(32)35-13-19)16(11-33)12-34-26(20)21(29)9-18/h4-10,12-14,25,36H,1-3H3,(H,34,37)/t25-/m0/s1/i25D. The van der Waals surface area contributed by atoms with Gasteiger partial charge in [0.25, 0.3) is 0 Å². The van der Waals surface area contributed by atoms with Crippen LogP contribution in [0.4, 0.5) is 30.2 Å². The number of rotatable bonds is 6. The smallest absolute Gasteiger partial charge is 0.249 e. The van der Waals surface area contributed by atoms with E-state index in [1.165, 1.54) is 30.5 Å². The summed E-state index contributed by atoms with van der Waals surface area (Å²) in [5.74, 6) is -2.91. The molecule has 202 valence electrons. The molecule has 40 heavy (non-hydrogen) atoms. The van der Waals surface area contributed by atoms with Crippen molar-refractivity contribution in [3.8, 4) is 6.07 Å². The number of fused-ring (bicyclic) bond motifs is 1. The molecule has 0 fully saturated rings. The summed E-state index contributed by atoms with van der Waals surface area (Å²) in [6.07, 6.45) is 4.01. The maximum atomic E-state index is 13.9. The van der Waals surface area contributed by atoms with E-state index < -0.39 is 29.1 Å². The minimum absolute atomic E-state index is 0.0855. The Morgan fingerprint density at radius 1 is 1.05 bits per heavy atom. The summed E-state index contributed by atoms with van der Waals surface area (Å²) in [5.41, 5.74) is 1.21. The van der Waals surface area contributed by atoms with Crippen LogP contribution < -0.4 is 10.6 Å². The average Bonchev–Trinajstić information content (AvgIpc) is 3.44. The molecule has 0 aliphatic heterocycles. The molecule has 5 aromatic rings. The van der Waals surface area contributed by atoms with Crippen LogP contribution in [0.25, 0.3) is 10.9 Å². The lowest BCUT2D eigenvalue weighted by Crippen LogP contribution is -2.22. The summed E-state index contributed by atoms with van der Waals surface area (Å²) < 4.78 is 52.2. The van der Waals surface area contributed by atoms with Crippen molar-refractivity contribution in [1.82, 2.24) is 25.0 Å². The highest BCUT2D eigenvalue weighted by Crippen LogP contribution is 2.37. The van der Waals surface area contributed by atoms with Gasteiger partial charge in [-0.1, -0.05) is 28.9 Å². The molecule has 0 amide bonds. The van der Waals surface area contributed by atoms with Gasteiger partial charge in [0, 0.05) is 23.3 Å². The second-order valence-electron chi connectivity index (χ2n) is 9.86. The molecule has 1 atom stereocenters. The lowest BCUT2D eigenvalue weighted by Gasteiger charge is -2.21. The van der Waals surface area contributed by atoms with Crippen LogP contribution >= 0.6 is 11.6 Å². The average molecular weight is 564 g/mol. The van der Waals surface area contributed by atoms with Gasteiger partial charge in [-0.15, -0.1) is 5.10 Å². The fourth-order valence-electron chi connectivity index (χ4n) is 3.94. The Hall–Kier alpha value is -4.69. The first-order valence-electron chi connectivity index (χ1n) is 12.5. The first-order valence-corrected chi connectivity index (χ1v) is 12.3. The number of aromatic nitrogens is 5. The summed E-state index contributed by atoms with van der Waals surface area (Å²) in [6, 6.07) is 9.73. The highest BCUT2D eigenvalue weighted by Gasteiger charge is 2.23. The van der Waals surface area contributed by atoms with Crippen molar-refractivity contribution in [2.24, 2.45) is 0 Å². The van der Waals surface area contributed by atoms with Crippen molar-refractivity contribution in [2.75, 3.05) is 10.6 Å². The third kappa shape index (κ3) is 5.39. The molecule has 0 spiro atoms. The molecule has 0 unspecified atom stereocenters. The quantitative estimate of drug-likeness (QED) is 0.217. The van der Waals surface area contributed by atoms with Gasteiger partial charge < -0.3 is 10.6 Å². The van der Waals surface area contributed by atoms with E-state index in [1.54, 1.807) is 23.0 Å². The number of hydrogen-bond donors (Lipinski definition) is 2. The maximum absolute atomic E-state index is 13.9. The van der Waals surface area contributed by atoms with E-state index in [9.17, 15) is 19.8 Å². The van der Waals surface area contributed by atoms with E-state index in [0.29, 0.717) is 22.2 Å². The molecule has 12 heteroatoms. The monoisotopic (exact) mass is 563 g/mol. The summed E-state index contributed by atoms with van der Waals surface area (Å²) in [7, 11) is 0. The highest BCUT2D eigenvalue weighted by molar-refractivity contribution is 6.36. The van der Waals surface area contributed by atoms with Crippen LogP contribution in [0.2, 0.25) is 5.02 Å². The Kier molecular flexibility index (Phi) is 6.69. The Morgan fingerprint density at radius 3 is 2.45 bits per heavy atom. The molecule has 0 saturated carbocycles. The van der Waals surface area contributed by atoms with Gasteiger partial charge in [0.05, 0.1) is 52.8 Å². The van der Waals surface area contributed by atoms with Gasteiger partial charge in [-0.3, -0.25) is 4.98 Å². The maximum Gasteiger partial charge on any atom is 0.249 e. The summed E-state index contributed by atoms with van der Waals surface area (Å²) >= 11 is 6.61. The second-order valence-corrected chi connectivity index (χ2v) is 10.3. The lowest BCUT2D eigenvalue weighted by atomic mass is 10.0. The Balaban J connectivity index is 1.66. The van der Waals surface area contributed by atoms with E-state index in [4.69, 9.17) is 11.6 Å². The van der Waals surface area contributed by atoms with Crippen LogP contribution in [0.5, 0.6) is 0 Å². The van der Waals surface area contributed by atoms with Gasteiger partial charge in [-0.2, -0.15) is 9.65 Å². The van der Waals surface area contributed by atoms with Crippen LogP contribution in [0.15, 0.2) is 61.1 Å². The van der Waals surface area contributed by atoms with Crippen LogP contribution in [0.3, 0.4) is 0 Å². The van der Waals surface area contributed by atoms with Crippen molar-refractivity contribution in [3.05, 3.63) is 100 Å². The van der Waals surface area contributed by atoms with E-state index in [1.807, 2.05) is 26.8 Å². The molecule has 0 bridgehead atoms. The zero-order valence-electron chi connectivity index (χ0n) is 22.5. The molecule has 0 aliphatic rings. The molecule has 3 heterocycles. The molecular formula is C28H22ClF3N8. The number of pyridine rings is 2. The molecule has 0 aliphatic carbocycles. The minimum Gasteiger partial charge on any atom is -0.373 e. The molecule has 0 saturated heterocycles. The number of hydrogen-bond acceptors (Lipinski definition) is 7. The lowest BCUT2D eigenvalue weighted by molar-refractivity contribution is 0.347. The van der Waals surface area contributed by atoms with Crippen LogP contribution in [-0.4, -0.2) is 25.0 Å². The zero-order chi connectivity index (χ0) is 29.5. The highest BCUT2D eigenvalue weighted by atomic mass is 35.5. The van der Waals surface area contributed by atoms with Gasteiger partial charge in [0.15, 0.2) is 5.82 Å². The fraction of sp³-hybridized carbons (Fsp3) is 0.179. The Labute approximate surface area is 233 Å². The predicted molar refractivity (Wildman–Crippen MR) is 146 cm³/mol. The van der Waals surface area contributed by atoms with Crippen molar-refractivity contribution in [3.63, 3.8) is 0 Å². The van der Waals surface area contributed by atoms with Crippen LogP contribution in [-0.2, 0) is 5.54 Å². The molecule has 2 N–H and O–H groups in total. The molecule has 8 nitrogen and oxygen atoms in total. The van der Waals surface area contributed by atoms with Crippen molar-refractivity contribution in [1.29, 1.82) is 5.26 Å². The Morgan fingerprint density at radius 2 is 1.80 bits per heavy atom.